The van der Waals surface area contributed by atoms with Crippen molar-refractivity contribution in [2.75, 3.05) is 6.54 Å². The van der Waals surface area contributed by atoms with Crippen LogP contribution in [-0.2, 0) is 4.79 Å². The highest BCUT2D eigenvalue weighted by Gasteiger charge is 1.91. The minimum Gasteiger partial charge on any atom is -0.356 e. The third kappa shape index (κ3) is 5.07. The largest absolute Gasteiger partial charge is 0.356 e. The molecular weight excluding hydrogens is 114 g/mol. The lowest BCUT2D eigenvalue weighted by Crippen LogP contribution is -2.21. The maximum Gasteiger partial charge on any atom is 0.223 e. The molecule has 1 N–H and O–H groups in total. The van der Waals surface area contributed by atoms with Crippen LogP contribution in [0.15, 0.2) is 12.2 Å². The Balaban J connectivity index is 3.27. The molecule has 0 rings (SSSR count). The number of carbonyl (C=O) groups is 1. The number of carbonyl (C=O) groups excluding carboxylic acids is 1. The van der Waals surface area contributed by atoms with Gasteiger partial charge in [-0.1, -0.05) is 12.2 Å². The summed E-state index contributed by atoms with van der Waals surface area (Å²) in [5, 5.41) is 2.69. The van der Waals surface area contributed by atoms with Crippen LogP contribution in [0, 0.1) is 0 Å². The van der Waals surface area contributed by atoms with Gasteiger partial charge < -0.3 is 5.32 Å². The van der Waals surface area contributed by atoms with Crippen LogP contribution in [0.1, 0.15) is 20.3 Å². The van der Waals surface area contributed by atoms with Gasteiger partial charge in [0.2, 0.25) is 5.91 Å². The van der Waals surface area contributed by atoms with Crippen molar-refractivity contribution in [2.24, 2.45) is 0 Å². The van der Waals surface area contributed by atoms with Crippen molar-refractivity contribution in [3.8, 4) is 0 Å². The normalized spacial score (nSPS) is 10.0. The molecule has 0 aliphatic rings. The van der Waals surface area contributed by atoms with Crippen molar-refractivity contribution in [3.05, 3.63) is 12.2 Å². The van der Waals surface area contributed by atoms with Gasteiger partial charge in [0.25, 0.3) is 0 Å². The third-order valence-electron chi connectivity index (χ3n) is 0.913. The molecular formula is C7H13NO. The number of amides is 1. The lowest BCUT2D eigenvalue weighted by atomic mass is 10.3. The number of hydrogen-bond acceptors (Lipinski definition) is 1. The SMILES string of the molecule is C/C=C/CC(=O)NCC. The van der Waals surface area contributed by atoms with E-state index in [9.17, 15) is 4.79 Å². The standard InChI is InChI=1S/C7H13NO/c1-3-5-6-7(9)8-4-2/h3,5H,4,6H2,1-2H3,(H,8,9)/b5-3+. The molecule has 0 aromatic carbocycles. The first-order chi connectivity index (χ1) is 4.31. The summed E-state index contributed by atoms with van der Waals surface area (Å²) in [7, 11) is 0. The lowest BCUT2D eigenvalue weighted by molar-refractivity contribution is -0.120. The smallest absolute Gasteiger partial charge is 0.223 e. The number of hydrogen-bond donors (Lipinski definition) is 1. The van der Waals surface area contributed by atoms with Crippen LogP contribution in [0.4, 0.5) is 0 Å². The summed E-state index contributed by atoms with van der Waals surface area (Å²) < 4.78 is 0. The molecule has 2 heteroatoms. The van der Waals surface area contributed by atoms with Crippen LogP contribution in [0.3, 0.4) is 0 Å². The molecule has 0 unspecified atom stereocenters. The Bertz CT molecular complexity index is 107. The van der Waals surface area contributed by atoms with Crippen LogP contribution in [-0.4, -0.2) is 12.5 Å². The van der Waals surface area contributed by atoms with Gasteiger partial charge in [0, 0.05) is 13.0 Å². The summed E-state index contributed by atoms with van der Waals surface area (Å²) in [6.07, 6.45) is 4.21. The Morgan fingerprint density at radius 1 is 1.67 bits per heavy atom. The first-order valence-electron chi connectivity index (χ1n) is 3.19. The molecule has 0 fully saturated rings. The molecule has 1 amide bonds. The van der Waals surface area contributed by atoms with E-state index in [0.717, 1.165) is 6.54 Å². The number of rotatable bonds is 3. The highest BCUT2D eigenvalue weighted by Crippen LogP contribution is 1.80. The Labute approximate surface area is 56.0 Å². The lowest BCUT2D eigenvalue weighted by Gasteiger charge is -1.95. The summed E-state index contributed by atoms with van der Waals surface area (Å²) >= 11 is 0. The van der Waals surface area contributed by atoms with Crippen molar-refractivity contribution in [3.63, 3.8) is 0 Å². The highest BCUT2D eigenvalue weighted by atomic mass is 16.1. The monoisotopic (exact) mass is 127 g/mol. The first kappa shape index (κ1) is 8.21. The molecule has 0 saturated heterocycles. The number of allylic oxidation sites excluding steroid dienone is 1. The van der Waals surface area contributed by atoms with Crippen molar-refractivity contribution < 1.29 is 4.79 Å². The van der Waals surface area contributed by atoms with Crippen LogP contribution in [0.25, 0.3) is 0 Å². The Morgan fingerprint density at radius 2 is 2.33 bits per heavy atom. The maximum atomic E-state index is 10.6. The predicted octanol–water partition coefficient (Wildman–Crippen LogP) is 1.09. The molecule has 0 heterocycles. The topological polar surface area (TPSA) is 29.1 Å². The van der Waals surface area contributed by atoms with Gasteiger partial charge in [-0.3, -0.25) is 4.79 Å². The fourth-order valence-corrected chi connectivity index (χ4v) is 0.494. The molecule has 0 aliphatic carbocycles. The van der Waals surface area contributed by atoms with Crippen molar-refractivity contribution in [1.29, 1.82) is 0 Å². The fraction of sp³-hybridized carbons (Fsp3) is 0.571. The summed E-state index contributed by atoms with van der Waals surface area (Å²) in [6.45, 7) is 4.53. The van der Waals surface area contributed by atoms with E-state index in [1.54, 1.807) is 0 Å². The molecule has 9 heavy (non-hydrogen) atoms. The van der Waals surface area contributed by atoms with Crippen molar-refractivity contribution >= 4 is 5.91 Å². The van der Waals surface area contributed by atoms with Gasteiger partial charge >= 0.3 is 0 Å². The van der Waals surface area contributed by atoms with E-state index in [1.807, 2.05) is 26.0 Å². The first-order valence-corrected chi connectivity index (χ1v) is 3.19. The van der Waals surface area contributed by atoms with Crippen molar-refractivity contribution in [2.45, 2.75) is 20.3 Å². The average molecular weight is 127 g/mol. The fourth-order valence-electron chi connectivity index (χ4n) is 0.494. The van der Waals surface area contributed by atoms with E-state index in [-0.39, 0.29) is 5.91 Å². The Hall–Kier alpha value is -0.790. The van der Waals surface area contributed by atoms with Crippen LogP contribution >= 0.6 is 0 Å². The van der Waals surface area contributed by atoms with Gasteiger partial charge in [0.1, 0.15) is 0 Å². The second-order valence-electron chi connectivity index (χ2n) is 1.73. The van der Waals surface area contributed by atoms with Crippen molar-refractivity contribution in [1.82, 2.24) is 5.32 Å². The van der Waals surface area contributed by atoms with E-state index in [2.05, 4.69) is 5.32 Å². The second kappa shape index (κ2) is 5.35. The van der Waals surface area contributed by atoms with Gasteiger partial charge in [-0.2, -0.15) is 0 Å². The zero-order valence-electron chi connectivity index (χ0n) is 5.98. The summed E-state index contributed by atoms with van der Waals surface area (Å²) in [5.41, 5.74) is 0. The molecule has 0 spiro atoms. The van der Waals surface area contributed by atoms with E-state index in [1.165, 1.54) is 0 Å². The van der Waals surface area contributed by atoms with E-state index >= 15 is 0 Å². The molecule has 0 aliphatic heterocycles. The minimum atomic E-state index is 0.0931. The summed E-state index contributed by atoms with van der Waals surface area (Å²) in [5.74, 6) is 0.0931. The van der Waals surface area contributed by atoms with Gasteiger partial charge in [-0.05, 0) is 13.8 Å². The molecule has 0 atom stereocenters. The van der Waals surface area contributed by atoms with E-state index < -0.39 is 0 Å². The maximum absolute atomic E-state index is 10.6. The molecule has 2 nitrogen and oxygen atoms in total. The predicted molar refractivity (Wildman–Crippen MR) is 38.1 cm³/mol. The van der Waals surface area contributed by atoms with E-state index in [4.69, 9.17) is 0 Å². The Kier molecular flexibility index (Phi) is 4.88. The molecule has 0 saturated carbocycles. The molecule has 0 aromatic rings. The molecule has 52 valence electrons. The second-order valence-corrected chi connectivity index (χ2v) is 1.73. The van der Waals surface area contributed by atoms with Gasteiger partial charge in [0.05, 0.1) is 0 Å². The third-order valence-corrected chi connectivity index (χ3v) is 0.913. The van der Waals surface area contributed by atoms with Crippen LogP contribution < -0.4 is 5.32 Å². The molecule has 0 bridgehead atoms. The summed E-state index contributed by atoms with van der Waals surface area (Å²) in [4.78, 5) is 10.6. The van der Waals surface area contributed by atoms with Crippen LogP contribution in [0.2, 0.25) is 0 Å². The zero-order valence-corrected chi connectivity index (χ0v) is 5.98. The van der Waals surface area contributed by atoms with Crippen LogP contribution in [0.5, 0.6) is 0 Å². The van der Waals surface area contributed by atoms with E-state index in [0.29, 0.717) is 6.42 Å². The zero-order chi connectivity index (χ0) is 7.11. The van der Waals surface area contributed by atoms with Gasteiger partial charge in [0.15, 0.2) is 0 Å². The molecule has 0 radical (unpaired) electrons. The minimum absolute atomic E-state index is 0.0931. The quantitative estimate of drug-likeness (QED) is 0.565. The average Bonchev–Trinajstić information content (AvgIpc) is 1.85. The van der Waals surface area contributed by atoms with Gasteiger partial charge in [-0.25, -0.2) is 0 Å². The van der Waals surface area contributed by atoms with Gasteiger partial charge in [-0.15, -0.1) is 0 Å². The number of nitrogens with one attached hydrogen (secondary N) is 1. The summed E-state index contributed by atoms with van der Waals surface area (Å²) in [6, 6.07) is 0. The highest BCUT2D eigenvalue weighted by molar-refractivity contribution is 5.77. The molecule has 0 aromatic heterocycles. The Morgan fingerprint density at radius 3 is 2.78 bits per heavy atom.